The van der Waals surface area contributed by atoms with Crippen LogP contribution in [0.25, 0.3) is 0 Å². The maximum Gasteiger partial charge on any atom is 0.256 e. The van der Waals surface area contributed by atoms with E-state index in [0.717, 1.165) is 50.1 Å². The average molecular weight is 491 g/mol. The van der Waals surface area contributed by atoms with E-state index in [4.69, 9.17) is 4.74 Å². The van der Waals surface area contributed by atoms with E-state index in [1.165, 1.54) is 5.56 Å². The normalized spacial score (nSPS) is 20.9. The first-order valence-electron chi connectivity index (χ1n) is 13.6. The third kappa shape index (κ3) is 5.25. The Morgan fingerprint density at radius 2 is 1.75 bits per heavy atom. The highest BCUT2D eigenvalue weighted by atomic mass is 16.5. The molecule has 3 aliphatic rings. The molecule has 1 aromatic heterocycles. The maximum atomic E-state index is 14.0. The number of hydrogen-bond donors (Lipinski definition) is 0. The van der Waals surface area contributed by atoms with Crippen LogP contribution in [0.3, 0.4) is 0 Å². The van der Waals surface area contributed by atoms with Gasteiger partial charge in [-0.2, -0.15) is 0 Å². The summed E-state index contributed by atoms with van der Waals surface area (Å²) in [5.41, 5.74) is 1.36. The molecular weight excluding hydrogens is 452 g/mol. The minimum absolute atomic E-state index is 0.0291. The van der Waals surface area contributed by atoms with Gasteiger partial charge in [-0.05, 0) is 70.4 Å². The van der Waals surface area contributed by atoms with Crippen LogP contribution >= 0.6 is 0 Å². The van der Waals surface area contributed by atoms with E-state index in [9.17, 15) is 9.59 Å². The number of carbonyl (C=O) groups excluding carboxylic acids is 2. The van der Waals surface area contributed by atoms with E-state index in [-0.39, 0.29) is 17.9 Å². The summed E-state index contributed by atoms with van der Waals surface area (Å²) >= 11 is 0. The molecule has 0 unspecified atom stereocenters. The van der Waals surface area contributed by atoms with Gasteiger partial charge in [0.1, 0.15) is 18.2 Å². The number of benzene rings is 1. The quantitative estimate of drug-likeness (QED) is 0.628. The number of carbonyl (C=O) groups is 2. The van der Waals surface area contributed by atoms with Gasteiger partial charge in [-0.3, -0.25) is 9.59 Å². The number of amides is 2. The van der Waals surface area contributed by atoms with E-state index in [0.29, 0.717) is 50.6 Å². The lowest BCUT2D eigenvalue weighted by atomic mass is 9.72. The van der Waals surface area contributed by atoms with Gasteiger partial charge in [-0.15, -0.1) is 0 Å². The van der Waals surface area contributed by atoms with Gasteiger partial charge in [0.25, 0.3) is 5.91 Å². The molecular formula is C29H38N4O3. The number of aryl methyl sites for hydroxylation is 1. The Balaban J connectivity index is 1.29. The van der Waals surface area contributed by atoms with Crippen LogP contribution in [0.15, 0.2) is 36.7 Å². The summed E-state index contributed by atoms with van der Waals surface area (Å²) in [5.74, 6) is 2.45. The fourth-order valence-corrected chi connectivity index (χ4v) is 5.67. The smallest absolute Gasteiger partial charge is 0.256 e. The zero-order valence-electron chi connectivity index (χ0n) is 21.6. The van der Waals surface area contributed by atoms with Crippen molar-refractivity contribution >= 4 is 11.8 Å². The van der Waals surface area contributed by atoms with E-state index in [2.05, 4.69) is 35.9 Å². The van der Waals surface area contributed by atoms with Crippen molar-refractivity contribution in [3.05, 3.63) is 53.6 Å². The van der Waals surface area contributed by atoms with Crippen molar-refractivity contribution in [2.24, 2.45) is 5.41 Å². The van der Waals surface area contributed by atoms with Crippen LogP contribution in [0, 0.1) is 5.41 Å². The summed E-state index contributed by atoms with van der Waals surface area (Å²) in [7, 11) is 0. The number of para-hydroxylation sites is 1. The molecule has 0 atom stereocenters. The average Bonchev–Trinajstić information content (AvgIpc) is 3.74. The number of aromatic nitrogens is 2. The minimum atomic E-state index is -0.425. The number of ether oxygens (including phenoxy) is 1. The molecule has 7 nitrogen and oxygen atoms in total. The Hall–Kier alpha value is -2.96. The standard InChI is InChI=1S/C29H38N4O3/c1-21(2)33-17-18-36-25-9-4-3-7-22(25)8-5-6-12-29(28(33)35)13-15-32(16-14-29)27(34)24-19-30-26(31-20-24)23-10-11-23/h3-4,7,9,19-21,23H,5-6,8,10-18H2,1-2H3. The number of nitrogens with zero attached hydrogens (tertiary/aromatic N) is 4. The van der Waals surface area contributed by atoms with E-state index in [1.807, 2.05) is 21.9 Å². The predicted molar refractivity (Wildman–Crippen MR) is 138 cm³/mol. The molecule has 3 heterocycles. The molecule has 192 valence electrons. The molecule has 2 fully saturated rings. The number of fused-ring (bicyclic) bond motifs is 1. The molecule has 2 aromatic rings. The second-order valence-corrected chi connectivity index (χ2v) is 10.9. The largest absolute Gasteiger partial charge is 0.491 e. The van der Waals surface area contributed by atoms with Crippen molar-refractivity contribution in [1.82, 2.24) is 19.8 Å². The molecule has 1 saturated heterocycles. The number of hydrogen-bond acceptors (Lipinski definition) is 5. The first-order chi connectivity index (χ1) is 17.5. The fraction of sp³-hybridized carbons (Fsp3) is 0.586. The second kappa shape index (κ2) is 10.6. The van der Waals surface area contributed by atoms with Crippen molar-refractivity contribution < 1.29 is 14.3 Å². The highest BCUT2D eigenvalue weighted by molar-refractivity contribution is 5.94. The van der Waals surface area contributed by atoms with Crippen LogP contribution in [-0.2, 0) is 11.2 Å². The molecule has 0 bridgehead atoms. The van der Waals surface area contributed by atoms with Gasteiger partial charge < -0.3 is 14.5 Å². The highest BCUT2D eigenvalue weighted by Gasteiger charge is 2.44. The molecule has 0 radical (unpaired) electrons. The minimum Gasteiger partial charge on any atom is -0.491 e. The first kappa shape index (κ1) is 24.7. The number of rotatable bonds is 3. The maximum absolute atomic E-state index is 14.0. The zero-order chi connectivity index (χ0) is 25.1. The molecule has 0 N–H and O–H groups in total. The highest BCUT2D eigenvalue weighted by Crippen LogP contribution is 2.40. The Morgan fingerprint density at radius 1 is 1.03 bits per heavy atom. The van der Waals surface area contributed by atoms with E-state index < -0.39 is 5.41 Å². The zero-order valence-corrected chi connectivity index (χ0v) is 21.6. The lowest BCUT2D eigenvalue weighted by Gasteiger charge is -2.44. The summed E-state index contributed by atoms with van der Waals surface area (Å²) < 4.78 is 6.13. The van der Waals surface area contributed by atoms with Gasteiger partial charge in [-0.25, -0.2) is 9.97 Å². The van der Waals surface area contributed by atoms with Crippen LogP contribution in [0.5, 0.6) is 5.75 Å². The number of piperidine rings is 1. The van der Waals surface area contributed by atoms with Gasteiger partial charge in [0, 0.05) is 37.4 Å². The SMILES string of the molecule is CC(C)N1CCOc2ccccc2CCCCC2(CCN(C(=O)c3cnc(C4CC4)nc3)CC2)C1=O. The Morgan fingerprint density at radius 3 is 2.44 bits per heavy atom. The monoisotopic (exact) mass is 490 g/mol. The van der Waals surface area contributed by atoms with Crippen molar-refractivity contribution in [2.45, 2.75) is 77.2 Å². The number of likely N-dealkylation sites (tertiary alicyclic amines) is 1. The van der Waals surface area contributed by atoms with E-state index in [1.54, 1.807) is 12.4 Å². The van der Waals surface area contributed by atoms with Gasteiger partial charge in [-0.1, -0.05) is 24.6 Å². The lowest BCUT2D eigenvalue weighted by Crippen LogP contribution is -2.53. The predicted octanol–water partition coefficient (Wildman–Crippen LogP) is 4.62. The third-order valence-corrected chi connectivity index (χ3v) is 8.12. The van der Waals surface area contributed by atoms with Crippen LogP contribution < -0.4 is 4.74 Å². The molecule has 1 aromatic carbocycles. The van der Waals surface area contributed by atoms with Gasteiger partial charge >= 0.3 is 0 Å². The molecule has 7 heteroatoms. The Kier molecular flexibility index (Phi) is 7.26. The topological polar surface area (TPSA) is 75.6 Å². The summed E-state index contributed by atoms with van der Waals surface area (Å²) in [6.45, 7) is 6.38. The van der Waals surface area contributed by atoms with Crippen molar-refractivity contribution in [2.75, 3.05) is 26.2 Å². The Labute approximate surface area is 214 Å². The fourth-order valence-electron chi connectivity index (χ4n) is 5.67. The van der Waals surface area contributed by atoms with Crippen LogP contribution in [-0.4, -0.2) is 63.9 Å². The third-order valence-electron chi connectivity index (χ3n) is 8.12. The molecule has 2 amide bonds. The molecule has 1 aliphatic carbocycles. The molecule has 36 heavy (non-hydrogen) atoms. The molecule has 1 spiro atoms. The summed E-state index contributed by atoms with van der Waals surface area (Å²) in [6.07, 6.45) is 10.8. The Bertz CT molecular complexity index is 1070. The van der Waals surface area contributed by atoms with Gasteiger partial charge in [0.05, 0.1) is 17.5 Å². The van der Waals surface area contributed by atoms with Crippen molar-refractivity contribution in [1.29, 1.82) is 0 Å². The summed E-state index contributed by atoms with van der Waals surface area (Å²) in [5, 5.41) is 0. The first-order valence-corrected chi connectivity index (χ1v) is 13.6. The molecule has 2 aliphatic heterocycles. The van der Waals surface area contributed by atoms with Crippen LogP contribution in [0.2, 0.25) is 0 Å². The molecule has 5 rings (SSSR count). The van der Waals surface area contributed by atoms with Crippen LogP contribution in [0.1, 0.15) is 86.5 Å². The van der Waals surface area contributed by atoms with Gasteiger partial charge in [0.2, 0.25) is 5.91 Å². The molecule has 1 saturated carbocycles. The van der Waals surface area contributed by atoms with Crippen molar-refractivity contribution in [3.8, 4) is 5.75 Å². The van der Waals surface area contributed by atoms with Crippen molar-refractivity contribution in [3.63, 3.8) is 0 Å². The summed E-state index contributed by atoms with van der Waals surface area (Å²) in [6, 6.07) is 8.34. The second-order valence-electron chi connectivity index (χ2n) is 10.9. The van der Waals surface area contributed by atoms with E-state index >= 15 is 0 Å². The van der Waals surface area contributed by atoms with Gasteiger partial charge in [0.15, 0.2) is 0 Å². The summed E-state index contributed by atoms with van der Waals surface area (Å²) in [4.78, 5) is 39.9. The lowest BCUT2D eigenvalue weighted by molar-refractivity contribution is -0.148. The van der Waals surface area contributed by atoms with Crippen LogP contribution in [0.4, 0.5) is 0 Å².